The lowest BCUT2D eigenvalue weighted by atomic mass is 10.2. The molecule has 0 aliphatic carbocycles. The van der Waals surface area contributed by atoms with Crippen LogP contribution in [0.15, 0.2) is 4.79 Å². The van der Waals surface area contributed by atoms with Gasteiger partial charge in [-0.1, -0.05) is 6.42 Å². The summed E-state index contributed by atoms with van der Waals surface area (Å²) >= 11 is 1.16. The van der Waals surface area contributed by atoms with Crippen LogP contribution in [0, 0.1) is 6.92 Å². The normalized spacial score (nSPS) is 20.2. The van der Waals surface area contributed by atoms with E-state index in [-0.39, 0.29) is 12.2 Å². The lowest BCUT2D eigenvalue weighted by Gasteiger charge is -2.08. The Morgan fingerprint density at radius 2 is 2.16 bits per heavy atom. The Balaban J connectivity index is 1.75. The lowest BCUT2D eigenvalue weighted by Crippen LogP contribution is -2.24. The minimum Gasteiger partial charge on any atom is -0.463 e. The third kappa shape index (κ3) is 2.74. The molecule has 1 atom stereocenters. The average molecular weight is 362 g/mol. The maximum absolute atomic E-state index is 12.9. The first-order chi connectivity index (χ1) is 12.1. The van der Waals surface area contributed by atoms with Gasteiger partial charge in [0.1, 0.15) is 15.5 Å². The molecule has 4 heterocycles. The maximum atomic E-state index is 12.9. The Morgan fingerprint density at radius 1 is 1.32 bits per heavy atom. The van der Waals surface area contributed by atoms with E-state index in [1.165, 1.54) is 0 Å². The van der Waals surface area contributed by atoms with Crippen LogP contribution in [0.4, 0.5) is 0 Å². The van der Waals surface area contributed by atoms with Gasteiger partial charge in [0, 0.05) is 19.4 Å². The number of aryl methyl sites for hydroxylation is 2. The number of fused-ring (bicyclic) bond motifs is 2. The van der Waals surface area contributed by atoms with Crippen LogP contribution in [-0.2, 0) is 27.2 Å². The van der Waals surface area contributed by atoms with Crippen LogP contribution in [-0.4, -0.2) is 34.2 Å². The molecule has 4 rings (SSSR count). The van der Waals surface area contributed by atoms with Crippen molar-refractivity contribution in [2.24, 2.45) is 0 Å². The van der Waals surface area contributed by atoms with Crippen molar-refractivity contribution in [2.45, 2.75) is 51.7 Å². The third-order valence-corrected chi connectivity index (χ3v) is 5.90. The first kappa shape index (κ1) is 16.3. The summed E-state index contributed by atoms with van der Waals surface area (Å²) in [5.74, 6) is -0.323. The number of carbonyl (C=O) groups excluding carboxylic acids is 2. The molecule has 0 radical (unpaired) electrons. The van der Waals surface area contributed by atoms with Crippen molar-refractivity contribution in [1.82, 2.24) is 9.55 Å². The molecular formula is C17H18N2O5S. The van der Waals surface area contributed by atoms with Gasteiger partial charge in [0.25, 0.3) is 5.56 Å². The zero-order valence-corrected chi connectivity index (χ0v) is 14.7. The Hall–Kier alpha value is -2.22. The quantitative estimate of drug-likeness (QED) is 0.759. The van der Waals surface area contributed by atoms with Gasteiger partial charge in [0.2, 0.25) is 6.10 Å². The van der Waals surface area contributed by atoms with Gasteiger partial charge in [-0.15, -0.1) is 11.3 Å². The van der Waals surface area contributed by atoms with E-state index in [1.807, 2.05) is 0 Å². The molecular weight excluding hydrogens is 344 g/mol. The molecule has 0 aromatic carbocycles. The highest BCUT2D eigenvalue weighted by Gasteiger charge is 2.32. The number of hydrogen-bond donors (Lipinski definition) is 0. The van der Waals surface area contributed by atoms with Crippen LogP contribution in [0.25, 0.3) is 10.2 Å². The van der Waals surface area contributed by atoms with Crippen molar-refractivity contribution < 1.29 is 19.1 Å². The summed E-state index contributed by atoms with van der Waals surface area (Å²) in [6, 6.07) is 0. The molecule has 0 amide bonds. The molecule has 2 aromatic heterocycles. The van der Waals surface area contributed by atoms with Crippen LogP contribution in [0.3, 0.4) is 0 Å². The molecule has 8 heteroatoms. The van der Waals surface area contributed by atoms with E-state index < -0.39 is 18.0 Å². The van der Waals surface area contributed by atoms with Crippen LogP contribution in [0.2, 0.25) is 0 Å². The van der Waals surface area contributed by atoms with Gasteiger partial charge in [-0.2, -0.15) is 0 Å². The molecule has 2 aliphatic rings. The van der Waals surface area contributed by atoms with Gasteiger partial charge < -0.3 is 9.47 Å². The van der Waals surface area contributed by atoms with Crippen LogP contribution >= 0.6 is 11.3 Å². The third-order valence-electron chi connectivity index (χ3n) is 4.73. The second-order valence-corrected chi connectivity index (χ2v) is 7.38. The summed E-state index contributed by atoms with van der Waals surface area (Å²) in [7, 11) is 0. The smallest absolute Gasteiger partial charge is 0.349 e. The fourth-order valence-electron chi connectivity index (χ4n) is 3.37. The summed E-state index contributed by atoms with van der Waals surface area (Å²) < 4.78 is 11.8. The zero-order chi connectivity index (χ0) is 17.6. The minimum absolute atomic E-state index is 0.0880. The Bertz CT molecular complexity index is 929. The van der Waals surface area contributed by atoms with Gasteiger partial charge in [-0.25, -0.2) is 14.6 Å². The molecule has 7 nitrogen and oxygen atoms in total. The standard InChI is InChI=1S/C17H18N2O5S/c1-9-12-14(18-11-5-3-2-4-7-19(11)15(12)20)25-13(9)17(22)24-10-6-8-23-16(10)21/h10H,2-8H2,1H3/t10-/m0/s1. The fraction of sp³-hybridized carbons (Fsp3) is 0.529. The number of nitrogens with zero attached hydrogens (tertiary/aromatic N) is 2. The predicted octanol–water partition coefficient (Wildman–Crippen LogP) is 1.97. The van der Waals surface area contributed by atoms with E-state index in [0.717, 1.165) is 42.8 Å². The molecule has 0 unspecified atom stereocenters. The molecule has 0 bridgehead atoms. The molecule has 0 saturated carbocycles. The number of carbonyl (C=O) groups is 2. The van der Waals surface area contributed by atoms with Gasteiger partial charge in [-0.3, -0.25) is 9.36 Å². The van der Waals surface area contributed by atoms with E-state index in [9.17, 15) is 14.4 Å². The molecule has 25 heavy (non-hydrogen) atoms. The van der Waals surface area contributed by atoms with E-state index in [1.54, 1.807) is 11.5 Å². The average Bonchev–Trinajstić information content (AvgIpc) is 3.02. The van der Waals surface area contributed by atoms with Gasteiger partial charge in [0.05, 0.1) is 12.0 Å². The number of hydrogen-bond acceptors (Lipinski definition) is 7. The van der Waals surface area contributed by atoms with Crippen molar-refractivity contribution >= 4 is 33.5 Å². The summed E-state index contributed by atoms with van der Waals surface area (Å²) in [4.78, 5) is 42.4. The molecule has 2 aliphatic heterocycles. The number of cyclic esters (lactones) is 1. The largest absolute Gasteiger partial charge is 0.463 e. The molecule has 0 spiro atoms. The summed E-state index contributed by atoms with van der Waals surface area (Å²) in [5, 5.41) is 0.483. The fourth-order valence-corrected chi connectivity index (χ4v) is 4.45. The number of esters is 2. The van der Waals surface area contributed by atoms with E-state index in [4.69, 9.17) is 9.47 Å². The van der Waals surface area contributed by atoms with Gasteiger partial charge >= 0.3 is 11.9 Å². The lowest BCUT2D eigenvalue weighted by molar-refractivity contribution is -0.145. The first-order valence-electron chi connectivity index (χ1n) is 8.46. The highest BCUT2D eigenvalue weighted by atomic mass is 32.1. The van der Waals surface area contributed by atoms with Crippen LogP contribution < -0.4 is 5.56 Å². The SMILES string of the molecule is Cc1c(C(=O)O[C@H]2CCOC2=O)sc2nc3n(c(=O)c12)CCCCC3. The van der Waals surface area contributed by atoms with Crippen molar-refractivity contribution in [3.63, 3.8) is 0 Å². The maximum Gasteiger partial charge on any atom is 0.349 e. The molecule has 1 fully saturated rings. The monoisotopic (exact) mass is 362 g/mol. The van der Waals surface area contributed by atoms with Crippen molar-refractivity contribution in [2.75, 3.05) is 6.61 Å². The van der Waals surface area contributed by atoms with Gasteiger partial charge in [-0.05, 0) is 25.3 Å². The number of ether oxygens (including phenoxy) is 2. The minimum atomic E-state index is -0.858. The number of thiophene rings is 1. The van der Waals surface area contributed by atoms with E-state index >= 15 is 0 Å². The predicted molar refractivity (Wildman–Crippen MR) is 91.0 cm³/mol. The van der Waals surface area contributed by atoms with Crippen LogP contribution in [0.1, 0.15) is 46.7 Å². The zero-order valence-electron chi connectivity index (χ0n) is 13.9. The summed E-state index contributed by atoms with van der Waals surface area (Å²) in [6.07, 6.45) is 3.34. The molecule has 0 N–H and O–H groups in total. The molecule has 2 aromatic rings. The van der Waals surface area contributed by atoms with Crippen molar-refractivity contribution in [3.8, 4) is 0 Å². The second-order valence-electron chi connectivity index (χ2n) is 6.38. The second kappa shape index (κ2) is 6.25. The Labute approximate surface area is 147 Å². The Kier molecular flexibility index (Phi) is 4.07. The molecule has 132 valence electrons. The highest BCUT2D eigenvalue weighted by Crippen LogP contribution is 2.29. The summed E-state index contributed by atoms with van der Waals surface area (Å²) in [6.45, 7) is 2.66. The molecule has 1 saturated heterocycles. The Morgan fingerprint density at radius 3 is 2.92 bits per heavy atom. The van der Waals surface area contributed by atoms with E-state index in [0.29, 0.717) is 33.6 Å². The van der Waals surface area contributed by atoms with E-state index in [2.05, 4.69) is 4.98 Å². The van der Waals surface area contributed by atoms with Crippen LogP contribution in [0.5, 0.6) is 0 Å². The summed E-state index contributed by atoms with van der Waals surface area (Å²) in [5.41, 5.74) is 0.489. The van der Waals surface area contributed by atoms with Crippen molar-refractivity contribution in [1.29, 1.82) is 0 Å². The number of rotatable bonds is 2. The topological polar surface area (TPSA) is 87.5 Å². The van der Waals surface area contributed by atoms with Crippen molar-refractivity contribution in [3.05, 3.63) is 26.6 Å². The first-order valence-corrected chi connectivity index (χ1v) is 9.28. The highest BCUT2D eigenvalue weighted by molar-refractivity contribution is 7.20. The number of aromatic nitrogens is 2. The van der Waals surface area contributed by atoms with Gasteiger partial charge in [0.15, 0.2) is 0 Å².